The standard InChI is InChI=1S/C24H29N3O5/c1-25(2)12-5-13-32-21-15-18(27(29)30)14-20-22(21)26(23(28)24(20)10-4-11-24)16-17-6-8-19(31-3)9-7-17/h6-9,14-15H,4-5,10-13,16H2,1-3H3. The third-order valence-electron chi connectivity index (χ3n) is 6.42. The number of nitrogens with zero attached hydrogens (tertiary/aromatic N) is 3. The number of nitro groups is 1. The van der Waals surface area contributed by atoms with Crippen LogP contribution in [0.3, 0.4) is 0 Å². The summed E-state index contributed by atoms with van der Waals surface area (Å²) in [6, 6.07) is 10.6. The van der Waals surface area contributed by atoms with E-state index in [2.05, 4.69) is 4.90 Å². The molecule has 1 aliphatic carbocycles. The number of ether oxygens (including phenoxy) is 2. The SMILES string of the molecule is COc1ccc(CN2C(=O)C3(CCC3)c3cc([N+](=O)[O-])cc(OCCCN(C)C)c32)cc1. The molecule has 1 spiro atoms. The Bertz CT molecular complexity index is 1020. The van der Waals surface area contributed by atoms with Gasteiger partial charge in [0.05, 0.1) is 42.4 Å². The van der Waals surface area contributed by atoms with E-state index >= 15 is 0 Å². The van der Waals surface area contributed by atoms with E-state index in [1.807, 2.05) is 38.4 Å². The van der Waals surface area contributed by atoms with Crippen molar-refractivity contribution in [2.45, 2.75) is 37.6 Å². The zero-order valence-corrected chi connectivity index (χ0v) is 18.8. The number of nitro benzene ring substituents is 1. The van der Waals surface area contributed by atoms with Crippen LogP contribution in [0, 0.1) is 10.1 Å². The van der Waals surface area contributed by atoms with Crippen LogP contribution in [0.1, 0.15) is 36.8 Å². The van der Waals surface area contributed by atoms with Crippen LogP contribution < -0.4 is 14.4 Å². The van der Waals surface area contributed by atoms with Crippen molar-refractivity contribution in [2.75, 3.05) is 39.3 Å². The highest BCUT2D eigenvalue weighted by Gasteiger charge is 2.56. The first-order chi connectivity index (χ1) is 15.4. The van der Waals surface area contributed by atoms with E-state index in [-0.39, 0.29) is 11.6 Å². The Morgan fingerprint density at radius 3 is 2.47 bits per heavy atom. The molecule has 1 amide bonds. The van der Waals surface area contributed by atoms with Gasteiger partial charge in [-0.05, 0) is 51.1 Å². The van der Waals surface area contributed by atoms with Crippen molar-refractivity contribution in [3.05, 3.63) is 57.6 Å². The number of hydrogen-bond acceptors (Lipinski definition) is 6. The zero-order chi connectivity index (χ0) is 22.9. The molecule has 2 aromatic rings. The minimum atomic E-state index is -0.671. The Hall–Kier alpha value is -3.13. The lowest BCUT2D eigenvalue weighted by atomic mass is 9.65. The van der Waals surface area contributed by atoms with Gasteiger partial charge in [-0.2, -0.15) is 0 Å². The molecule has 8 heteroatoms. The third kappa shape index (κ3) is 3.90. The van der Waals surface area contributed by atoms with E-state index in [0.29, 0.717) is 37.4 Å². The minimum absolute atomic E-state index is 0.00760. The Morgan fingerprint density at radius 1 is 1.19 bits per heavy atom. The van der Waals surface area contributed by atoms with Crippen molar-refractivity contribution in [3.63, 3.8) is 0 Å². The second-order valence-electron chi connectivity index (χ2n) is 8.78. The van der Waals surface area contributed by atoms with Gasteiger partial charge in [0.15, 0.2) is 0 Å². The lowest BCUT2D eigenvalue weighted by Gasteiger charge is -2.36. The maximum atomic E-state index is 13.6. The van der Waals surface area contributed by atoms with Gasteiger partial charge in [-0.1, -0.05) is 18.6 Å². The van der Waals surface area contributed by atoms with Gasteiger partial charge in [0, 0.05) is 18.2 Å². The predicted octanol–water partition coefficient (Wildman–Crippen LogP) is 3.90. The summed E-state index contributed by atoms with van der Waals surface area (Å²) in [5.41, 5.74) is 1.67. The Balaban J connectivity index is 1.72. The van der Waals surface area contributed by atoms with Crippen molar-refractivity contribution >= 4 is 17.3 Å². The quantitative estimate of drug-likeness (QED) is 0.335. The number of carbonyl (C=O) groups excluding carboxylic acids is 1. The number of benzene rings is 2. The molecule has 1 heterocycles. The molecule has 170 valence electrons. The van der Waals surface area contributed by atoms with Gasteiger partial charge in [0.25, 0.3) is 5.69 Å². The number of rotatable bonds is 9. The highest BCUT2D eigenvalue weighted by molar-refractivity contribution is 6.10. The van der Waals surface area contributed by atoms with Crippen molar-refractivity contribution in [1.29, 1.82) is 0 Å². The fourth-order valence-electron chi connectivity index (χ4n) is 4.57. The highest BCUT2D eigenvalue weighted by Crippen LogP contribution is 2.57. The maximum Gasteiger partial charge on any atom is 0.273 e. The van der Waals surface area contributed by atoms with E-state index in [1.54, 1.807) is 18.1 Å². The summed E-state index contributed by atoms with van der Waals surface area (Å²) in [5, 5.41) is 11.6. The molecule has 0 N–H and O–H groups in total. The molecule has 32 heavy (non-hydrogen) atoms. The molecule has 0 aromatic heterocycles. The van der Waals surface area contributed by atoms with E-state index in [9.17, 15) is 14.9 Å². The predicted molar refractivity (Wildman–Crippen MR) is 121 cm³/mol. The van der Waals surface area contributed by atoms with Crippen LogP contribution in [0.2, 0.25) is 0 Å². The minimum Gasteiger partial charge on any atom is -0.497 e. The first kappa shape index (κ1) is 22.1. The monoisotopic (exact) mass is 439 g/mol. The average molecular weight is 440 g/mol. The van der Waals surface area contributed by atoms with Gasteiger partial charge >= 0.3 is 0 Å². The molecule has 0 bridgehead atoms. The van der Waals surface area contributed by atoms with Gasteiger partial charge < -0.3 is 19.3 Å². The molecular weight excluding hydrogens is 410 g/mol. The Kier molecular flexibility index (Phi) is 6.06. The van der Waals surface area contributed by atoms with Crippen LogP contribution in [0.25, 0.3) is 0 Å². The van der Waals surface area contributed by atoms with E-state index < -0.39 is 10.3 Å². The van der Waals surface area contributed by atoms with Crippen LogP contribution in [0.5, 0.6) is 11.5 Å². The van der Waals surface area contributed by atoms with Crippen LogP contribution in [0.4, 0.5) is 11.4 Å². The smallest absolute Gasteiger partial charge is 0.273 e. The summed E-state index contributed by atoms with van der Waals surface area (Å²) in [6.07, 6.45) is 3.13. The number of fused-ring (bicyclic) bond motifs is 2. The van der Waals surface area contributed by atoms with E-state index in [1.165, 1.54) is 6.07 Å². The van der Waals surface area contributed by atoms with Gasteiger partial charge in [0.2, 0.25) is 5.91 Å². The molecule has 1 saturated carbocycles. The number of non-ortho nitro benzene ring substituents is 1. The summed E-state index contributed by atoms with van der Waals surface area (Å²) in [4.78, 5) is 28.7. The number of methoxy groups -OCH3 is 1. The Labute approximate surface area is 187 Å². The fraction of sp³-hybridized carbons (Fsp3) is 0.458. The molecule has 2 aromatic carbocycles. The highest BCUT2D eigenvalue weighted by atomic mass is 16.6. The molecule has 0 saturated heterocycles. The van der Waals surface area contributed by atoms with Gasteiger partial charge in [-0.25, -0.2) is 0 Å². The summed E-state index contributed by atoms with van der Waals surface area (Å²) >= 11 is 0. The van der Waals surface area contributed by atoms with Gasteiger partial charge in [-0.15, -0.1) is 0 Å². The molecule has 8 nitrogen and oxygen atoms in total. The number of amides is 1. The van der Waals surface area contributed by atoms with Crippen molar-refractivity contribution in [1.82, 2.24) is 4.90 Å². The van der Waals surface area contributed by atoms with E-state index in [0.717, 1.165) is 36.3 Å². The lowest BCUT2D eigenvalue weighted by Crippen LogP contribution is -2.44. The number of carbonyl (C=O) groups is 1. The summed E-state index contributed by atoms with van der Waals surface area (Å²) in [5.74, 6) is 1.17. The molecular formula is C24H29N3O5. The topological polar surface area (TPSA) is 85.1 Å². The van der Waals surface area contributed by atoms with Crippen molar-refractivity contribution < 1.29 is 19.2 Å². The molecule has 0 unspecified atom stereocenters. The molecule has 1 fully saturated rings. The van der Waals surface area contributed by atoms with Crippen LogP contribution in [-0.4, -0.2) is 50.1 Å². The second-order valence-corrected chi connectivity index (χ2v) is 8.78. The third-order valence-corrected chi connectivity index (χ3v) is 6.42. The average Bonchev–Trinajstić information content (AvgIpc) is 2.99. The Morgan fingerprint density at radius 2 is 1.91 bits per heavy atom. The summed E-state index contributed by atoms with van der Waals surface area (Å²) < 4.78 is 11.3. The van der Waals surface area contributed by atoms with Crippen LogP contribution >= 0.6 is 0 Å². The van der Waals surface area contributed by atoms with Crippen molar-refractivity contribution in [3.8, 4) is 11.5 Å². The number of hydrogen-bond donors (Lipinski definition) is 0. The maximum absolute atomic E-state index is 13.6. The number of anilines is 1. The molecule has 2 aliphatic rings. The molecule has 1 aliphatic heterocycles. The molecule has 0 atom stereocenters. The lowest BCUT2D eigenvalue weighted by molar-refractivity contribution is -0.385. The first-order valence-corrected chi connectivity index (χ1v) is 10.9. The zero-order valence-electron chi connectivity index (χ0n) is 18.8. The van der Waals surface area contributed by atoms with Crippen LogP contribution in [0.15, 0.2) is 36.4 Å². The second kappa shape index (κ2) is 8.78. The summed E-state index contributed by atoms with van der Waals surface area (Å²) in [7, 11) is 5.59. The van der Waals surface area contributed by atoms with Gasteiger partial charge in [0.1, 0.15) is 11.5 Å². The largest absolute Gasteiger partial charge is 0.497 e. The van der Waals surface area contributed by atoms with Gasteiger partial charge in [-0.3, -0.25) is 14.9 Å². The molecule has 0 radical (unpaired) electrons. The van der Waals surface area contributed by atoms with Crippen molar-refractivity contribution in [2.24, 2.45) is 0 Å². The summed E-state index contributed by atoms with van der Waals surface area (Å²) in [6.45, 7) is 1.64. The van der Waals surface area contributed by atoms with Crippen LogP contribution in [-0.2, 0) is 16.8 Å². The molecule has 4 rings (SSSR count). The fourth-order valence-corrected chi connectivity index (χ4v) is 4.57. The normalized spacial score (nSPS) is 16.2. The van der Waals surface area contributed by atoms with E-state index in [4.69, 9.17) is 9.47 Å². The first-order valence-electron chi connectivity index (χ1n) is 10.9.